The highest BCUT2D eigenvalue weighted by atomic mass is 32.3. The molecule has 0 unspecified atom stereocenters. The molecule has 1 heterocycles. The predicted molar refractivity (Wildman–Crippen MR) is 111 cm³/mol. The monoisotopic (exact) mass is 359 g/mol. The van der Waals surface area contributed by atoms with Gasteiger partial charge in [0.2, 0.25) is 0 Å². The average molecular weight is 360 g/mol. The highest BCUT2D eigenvalue weighted by molar-refractivity contribution is 8.34. The van der Waals surface area contributed by atoms with Gasteiger partial charge in [0.25, 0.3) is 0 Å². The first kappa shape index (κ1) is 20.0. The SMILES string of the molecule is CC(C)(C)S(C)(c1ccccc1)c1ccccc1.OCCC1CNC1. The molecule has 1 fully saturated rings. The Hall–Kier alpha value is -1.29. The number of hydrogen-bond acceptors (Lipinski definition) is 2. The molecule has 1 saturated heterocycles. The molecule has 138 valence electrons. The van der Waals surface area contributed by atoms with Crippen molar-refractivity contribution in [3.8, 4) is 0 Å². The fourth-order valence-electron chi connectivity index (χ4n) is 2.96. The standard InChI is InChI=1S/C17H22S.C5H11NO/c1-17(2,3)18(4,15-11-7-5-8-12-15)16-13-9-6-10-14-16;7-2-1-5-3-6-4-5/h5-14H,1-4H3;5-7H,1-4H2. The highest BCUT2D eigenvalue weighted by Gasteiger charge is 2.35. The van der Waals surface area contributed by atoms with Crippen LogP contribution in [0.25, 0.3) is 0 Å². The van der Waals surface area contributed by atoms with Crippen LogP contribution in [0.2, 0.25) is 0 Å². The van der Waals surface area contributed by atoms with Gasteiger partial charge in [-0.2, -0.15) is 10.0 Å². The Labute approximate surface area is 155 Å². The highest BCUT2D eigenvalue weighted by Crippen LogP contribution is 2.67. The summed E-state index contributed by atoms with van der Waals surface area (Å²) in [5, 5.41) is 11.5. The van der Waals surface area contributed by atoms with E-state index in [1.807, 2.05) is 0 Å². The lowest BCUT2D eigenvalue weighted by molar-refractivity contribution is 0.223. The molecule has 1 aliphatic rings. The van der Waals surface area contributed by atoms with Crippen LogP contribution in [0.4, 0.5) is 0 Å². The van der Waals surface area contributed by atoms with Gasteiger partial charge in [-0.25, -0.2) is 0 Å². The Morgan fingerprint density at radius 1 is 0.920 bits per heavy atom. The molecular formula is C22H33NOS. The van der Waals surface area contributed by atoms with Gasteiger partial charge in [0, 0.05) is 6.61 Å². The number of rotatable bonds is 4. The summed E-state index contributed by atoms with van der Waals surface area (Å²) < 4.78 is 0.246. The van der Waals surface area contributed by atoms with Crippen LogP contribution in [0.3, 0.4) is 0 Å². The smallest absolute Gasteiger partial charge is 0.0434 e. The largest absolute Gasteiger partial charge is 0.396 e. The topological polar surface area (TPSA) is 32.3 Å². The molecule has 2 nitrogen and oxygen atoms in total. The van der Waals surface area contributed by atoms with E-state index in [-0.39, 0.29) is 4.75 Å². The predicted octanol–water partition coefficient (Wildman–Crippen LogP) is 4.93. The van der Waals surface area contributed by atoms with Crippen LogP contribution in [-0.2, 0) is 0 Å². The fraction of sp³-hybridized carbons (Fsp3) is 0.455. The third-order valence-corrected chi connectivity index (χ3v) is 9.94. The third kappa shape index (κ3) is 4.87. The van der Waals surface area contributed by atoms with E-state index in [0.29, 0.717) is 6.61 Å². The number of hydrogen-bond donors (Lipinski definition) is 2. The van der Waals surface area contributed by atoms with Crippen molar-refractivity contribution in [1.82, 2.24) is 5.32 Å². The van der Waals surface area contributed by atoms with Gasteiger partial charge in [-0.1, -0.05) is 57.2 Å². The van der Waals surface area contributed by atoms with Crippen LogP contribution in [-0.4, -0.2) is 35.8 Å². The van der Waals surface area contributed by atoms with Crippen molar-refractivity contribution >= 4 is 10.0 Å². The van der Waals surface area contributed by atoms with E-state index >= 15 is 0 Å². The van der Waals surface area contributed by atoms with Gasteiger partial charge < -0.3 is 10.4 Å². The van der Waals surface area contributed by atoms with Gasteiger partial charge in [-0.3, -0.25) is 0 Å². The number of benzene rings is 2. The van der Waals surface area contributed by atoms with E-state index < -0.39 is 10.0 Å². The molecule has 2 aromatic carbocycles. The van der Waals surface area contributed by atoms with Gasteiger partial charge in [-0.15, -0.1) is 0 Å². The molecule has 1 aliphatic heterocycles. The van der Waals surface area contributed by atoms with Crippen LogP contribution in [0.5, 0.6) is 0 Å². The van der Waals surface area contributed by atoms with Crippen molar-refractivity contribution in [2.75, 3.05) is 26.0 Å². The first-order valence-electron chi connectivity index (χ1n) is 9.09. The molecular weight excluding hydrogens is 326 g/mol. The summed E-state index contributed by atoms with van der Waals surface area (Å²) in [5.41, 5.74) is 0. The zero-order valence-electron chi connectivity index (χ0n) is 16.0. The van der Waals surface area contributed by atoms with Crippen LogP contribution in [0, 0.1) is 5.92 Å². The van der Waals surface area contributed by atoms with Crippen LogP contribution >= 0.6 is 10.0 Å². The lowest BCUT2D eigenvalue weighted by Crippen LogP contribution is -2.42. The minimum atomic E-state index is -1.01. The molecule has 0 saturated carbocycles. The minimum absolute atomic E-state index is 0.246. The second-order valence-electron chi connectivity index (χ2n) is 7.69. The molecule has 0 spiro atoms. The van der Waals surface area contributed by atoms with Crippen molar-refractivity contribution in [1.29, 1.82) is 0 Å². The third-order valence-electron chi connectivity index (χ3n) is 5.06. The van der Waals surface area contributed by atoms with Crippen molar-refractivity contribution in [3.05, 3.63) is 60.7 Å². The van der Waals surface area contributed by atoms with Gasteiger partial charge >= 0.3 is 0 Å². The Morgan fingerprint density at radius 2 is 1.36 bits per heavy atom. The Balaban J connectivity index is 0.000000269. The summed E-state index contributed by atoms with van der Waals surface area (Å²) in [5.74, 6) is 0.769. The minimum Gasteiger partial charge on any atom is -0.396 e. The summed E-state index contributed by atoms with van der Waals surface area (Å²) in [7, 11) is -1.01. The molecule has 2 aromatic rings. The van der Waals surface area contributed by atoms with Crippen molar-refractivity contribution in [2.45, 2.75) is 41.7 Å². The van der Waals surface area contributed by atoms with Gasteiger partial charge in [0.05, 0.1) is 0 Å². The first-order valence-corrected chi connectivity index (χ1v) is 11.1. The first-order chi connectivity index (χ1) is 11.9. The molecule has 0 bridgehead atoms. The van der Waals surface area contributed by atoms with E-state index in [9.17, 15) is 0 Å². The summed E-state index contributed by atoms with van der Waals surface area (Å²) >= 11 is 0. The molecule has 25 heavy (non-hydrogen) atoms. The molecule has 0 atom stereocenters. The fourth-order valence-corrected chi connectivity index (χ4v) is 6.05. The van der Waals surface area contributed by atoms with Crippen molar-refractivity contribution in [3.63, 3.8) is 0 Å². The Bertz CT molecular complexity index is 578. The zero-order chi connectivity index (χ0) is 18.3. The molecule has 3 heteroatoms. The van der Waals surface area contributed by atoms with Crippen LogP contribution in [0.1, 0.15) is 27.2 Å². The van der Waals surface area contributed by atoms with E-state index in [1.165, 1.54) is 9.79 Å². The van der Waals surface area contributed by atoms with E-state index in [2.05, 4.69) is 93.0 Å². The summed E-state index contributed by atoms with van der Waals surface area (Å²) in [6.45, 7) is 9.63. The van der Waals surface area contributed by atoms with Gasteiger partial charge in [-0.05, 0) is 70.5 Å². The van der Waals surface area contributed by atoms with Crippen LogP contribution in [0.15, 0.2) is 70.5 Å². The number of aliphatic hydroxyl groups is 1. The van der Waals surface area contributed by atoms with Gasteiger partial charge in [0.1, 0.15) is 0 Å². The number of nitrogens with one attached hydrogen (secondary N) is 1. The second kappa shape index (κ2) is 8.88. The quantitative estimate of drug-likeness (QED) is 0.811. The molecule has 3 rings (SSSR count). The normalized spacial score (nSPS) is 15.7. The average Bonchev–Trinajstić information content (AvgIpc) is 2.58. The maximum atomic E-state index is 8.37. The summed E-state index contributed by atoms with van der Waals surface area (Å²) in [6, 6.07) is 21.9. The van der Waals surface area contributed by atoms with E-state index in [4.69, 9.17) is 5.11 Å². The van der Waals surface area contributed by atoms with E-state index in [0.717, 1.165) is 25.4 Å². The van der Waals surface area contributed by atoms with E-state index in [1.54, 1.807) is 0 Å². The molecule has 2 N–H and O–H groups in total. The summed E-state index contributed by atoms with van der Waals surface area (Å²) in [6.07, 6.45) is 3.41. The Morgan fingerprint density at radius 3 is 1.60 bits per heavy atom. The van der Waals surface area contributed by atoms with Crippen molar-refractivity contribution in [2.24, 2.45) is 5.92 Å². The lowest BCUT2D eigenvalue weighted by Gasteiger charge is -2.48. The Kier molecular flexibility index (Phi) is 7.12. The summed E-state index contributed by atoms with van der Waals surface area (Å²) in [4.78, 5) is 2.92. The molecule has 0 aliphatic carbocycles. The second-order valence-corrected chi connectivity index (χ2v) is 11.7. The lowest BCUT2D eigenvalue weighted by atomic mass is 10.0. The zero-order valence-corrected chi connectivity index (χ0v) is 16.9. The van der Waals surface area contributed by atoms with Crippen molar-refractivity contribution < 1.29 is 5.11 Å². The molecule has 0 radical (unpaired) electrons. The molecule has 0 amide bonds. The van der Waals surface area contributed by atoms with Crippen LogP contribution < -0.4 is 5.32 Å². The number of aliphatic hydroxyl groups excluding tert-OH is 1. The maximum absolute atomic E-state index is 8.37. The maximum Gasteiger partial charge on any atom is 0.0434 e. The molecule has 0 aromatic heterocycles. The van der Waals surface area contributed by atoms with Gasteiger partial charge in [0.15, 0.2) is 0 Å².